The summed E-state index contributed by atoms with van der Waals surface area (Å²) in [4.78, 5) is 16.2. The molecule has 0 bridgehead atoms. The van der Waals surface area contributed by atoms with Crippen LogP contribution in [0.25, 0.3) is 11.3 Å². The van der Waals surface area contributed by atoms with Crippen LogP contribution in [0.3, 0.4) is 0 Å². The van der Waals surface area contributed by atoms with E-state index in [-0.39, 0.29) is 5.56 Å². The zero-order valence-electron chi connectivity index (χ0n) is 11.8. The predicted octanol–water partition coefficient (Wildman–Crippen LogP) is 3.21. The Morgan fingerprint density at radius 1 is 1.10 bits per heavy atom. The summed E-state index contributed by atoms with van der Waals surface area (Å²) in [5, 5.41) is 0.428. The van der Waals surface area contributed by atoms with Crippen molar-refractivity contribution in [2.24, 2.45) is 0 Å². The number of carbonyl (C=O) groups excluding carboxylic acids is 1. The largest absolute Gasteiger partial charge is 0.497 e. The average Bonchev–Trinajstić information content (AvgIpc) is 2.53. The Kier molecular flexibility index (Phi) is 4.65. The maximum Gasteiger partial charge on any atom is 0.340 e. The van der Waals surface area contributed by atoms with Gasteiger partial charge in [-0.1, -0.05) is 11.6 Å². The van der Waals surface area contributed by atoms with E-state index in [1.165, 1.54) is 20.4 Å². The molecule has 0 saturated heterocycles. The molecule has 6 heteroatoms. The van der Waals surface area contributed by atoms with Crippen molar-refractivity contribution in [2.75, 3.05) is 21.3 Å². The molecule has 0 N–H and O–H groups in total. The molecule has 2 aromatic rings. The molecule has 0 saturated carbocycles. The number of hydrogen-bond acceptors (Lipinski definition) is 5. The topological polar surface area (TPSA) is 57.7 Å². The fourth-order valence-corrected chi connectivity index (χ4v) is 2.11. The first-order valence-electron chi connectivity index (χ1n) is 6.07. The molecule has 0 aliphatic carbocycles. The average molecular weight is 308 g/mol. The molecule has 2 rings (SSSR count). The second kappa shape index (κ2) is 6.45. The molecule has 21 heavy (non-hydrogen) atoms. The molecule has 1 heterocycles. The molecule has 0 spiro atoms. The van der Waals surface area contributed by atoms with Crippen molar-refractivity contribution in [1.29, 1.82) is 0 Å². The number of hydrogen-bond donors (Lipinski definition) is 0. The highest BCUT2D eigenvalue weighted by Crippen LogP contribution is 2.33. The summed E-state index contributed by atoms with van der Waals surface area (Å²) >= 11 is 6.23. The van der Waals surface area contributed by atoms with E-state index < -0.39 is 5.97 Å². The molecule has 0 aliphatic heterocycles. The number of methoxy groups -OCH3 is 3. The number of rotatable bonds is 4. The summed E-state index contributed by atoms with van der Waals surface area (Å²) < 4.78 is 15.0. The molecule has 0 fully saturated rings. The third-order valence-electron chi connectivity index (χ3n) is 2.93. The van der Waals surface area contributed by atoms with E-state index in [9.17, 15) is 4.79 Å². The van der Waals surface area contributed by atoms with Crippen LogP contribution in [0.5, 0.6) is 11.5 Å². The number of esters is 1. The van der Waals surface area contributed by atoms with Crippen LogP contribution in [0.4, 0.5) is 0 Å². The zero-order valence-corrected chi connectivity index (χ0v) is 12.6. The van der Waals surface area contributed by atoms with E-state index in [0.29, 0.717) is 27.8 Å². The summed E-state index contributed by atoms with van der Waals surface area (Å²) in [6, 6.07) is 6.70. The highest BCUT2D eigenvalue weighted by Gasteiger charge is 2.18. The smallest absolute Gasteiger partial charge is 0.340 e. The van der Waals surface area contributed by atoms with Gasteiger partial charge in [-0.05, 0) is 24.3 Å². The molecule has 1 aromatic carbocycles. The van der Waals surface area contributed by atoms with Crippen LogP contribution in [-0.4, -0.2) is 32.3 Å². The second-order valence-corrected chi connectivity index (χ2v) is 4.52. The third-order valence-corrected chi connectivity index (χ3v) is 3.25. The van der Waals surface area contributed by atoms with Gasteiger partial charge in [-0.25, -0.2) is 4.79 Å². The first kappa shape index (κ1) is 15.1. The highest BCUT2D eigenvalue weighted by atomic mass is 35.5. The fourth-order valence-electron chi connectivity index (χ4n) is 1.85. The van der Waals surface area contributed by atoms with Crippen molar-refractivity contribution in [2.45, 2.75) is 0 Å². The summed E-state index contributed by atoms with van der Waals surface area (Å²) in [6.45, 7) is 0. The van der Waals surface area contributed by atoms with Crippen LogP contribution in [0.1, 0.15) is 10.4 Å². The number of nitrogens with zero attached hydrogens (tertiary/aromatic N) is 1. The van der Waals surface area contributed by atoms with Gasteiger partial charge in [0.05, 0.1) is 43.8 Å². The summed E-state index contributed by atoms with van der Waals surface area (Å²) in [7, 11) is 4.36. The first-order chi connectivity index (χ1) is 10.1. The van der Waals surface area contributed by atoms with Crippen LogP contribution in [0.15, 0.2) is 30.5 Å². The lowest BCUT2D eigenvalue weighted by atomic mass is 10.1. The van der Waals surface area contributed by atoms with Crippen molar-refractivity contribution >= 4 is 17.6 Å². The maximum absolute atomic E-state index is 11.9. The minimum atomic E-state index is -0.511. The normalized spacial score (nSPS) is 10.1. The maximum atomic E-state index is 11.9. The van der Waals surface area contributed by atoms with Gasteiger partial charge in [0, 0.05) is 5.56 Å². The molecular formula is C15H14ClNO4. The minimum Gasteiger partial charge on any atom is -0.497 e. The summed E-state index contributed by atoms with van der Waals surface area (Å²) in [5.74, 6) is 0.573. The highest BCUT2D eigenvalue weighted by molar-refractivity contribution is 6.33. The van der Waals surface area contributed by atoms with Gasteiger partial charge in [0.25, 0.3) is 0 Å². The zero-order chi connectivity index (χ0) is 15.4. The van der Waals surface area contributed by atoms with E-state index in [4.69, 9.17) is 25.8 Å². The molecule has 5 nitrogen and oxygen atoms in total. The lowest BCUT2D eigenvalue weighted by Crippen LogP contribution is -2.06. The van der Waals surface area contributed by atoms with Crippen LogP contribution < -0.4 is 9.47 Å². The van der Waals surface area contributed by atoms with E-state index in [1.54, 1.807) is 31.4 Å². The third kappa shape index (κ3) is 3.08. The van der Waals surface area contributed by atoms with E-state index in [1.807, 2.05) is 0 Å². The molecule has 0 radical (unpaired) electrons. The number of halogens is 1. The number of pyridine rings is 1. The van der Waals surface area contributed by atoms with Gasteiger partial charge in [-0.15, -0.1) is 0 Å². The van der Waals surface area contributed by atoms with Gasteiger partial charge in [0.2, 0.25) is 0 Å². The predicted molar refractivity (Wildman–Crippen MR) is 79.1 cm³/mol. The molecule has 0 amide bonds. The lowest BCUT2D eigenvalue weighted by Gasteiger charge is -2.11. The number of benzene rings is 1. The monoisotopic (exact) mass is 307 g/mol. The molecule has 0 atom stereocenters. The van der Waals surface area contributed by atoms with Gasteiger partial charge in [0.15, 0.2) is 0 Å². The lowest BCUT2D eigenvalue weighted by molar-refractivity contribution is 0.0601. The Balaban J connectivity index is 2.60. The Hall–Kier alpha value is -2.27. The molecule has 0 unspecified atom stereocenters. The molecular weight excluding hydrogens is 294 g/mol. The Labute approximate surface area is 127 Å². The van der Waals surface area contributed by atoms with Crippen molar-refractivity contribution in [3.05, 3.63) is 41.0 Å². The molecule has 110 valence electrons. The van der Waals surface area contributed by atoms with Crippen molar-refractivity contribution in [3.63, 3.8) is 0 Å². The van der Waals surface area contributed by atoms with Crippen LogP contribution in [0.2, 0.25) is 5.02 Å². The molecule has 1 aromatic heterocycles. The SMILES string of the molecule is COC(=O)c1cc(OC)cnc1-c1ccc(OC)cc1Cl. The first-order valence-corrected chi connectivity index (χ1v) is 6.44. The van der Waals surface area contributed by atoms with Gasteiger partial charge in [0.1, 0.15) is 11.5 Å². The quantitative estimate of drug-likeness (QED) is 0.812. The number of ether oxygens (including phenoxy) is 3. The van der Waals surface area contributed by atoms with Gasteiger partial charge < -0.3 is 14.2 Å². The Morgan fingerprint density at radius 2 is 1.81 bits per heavy atom. The van der Waals surface area contributed by atoms with E-state index >= 15 is 0 Å². The Bertz CT molecular complexity index is 673. The fraction of sp³-hybridized carbons (Fsp3) is 0.200. The summed E-state index contributed by atoms with van der Waals surface area (Å²) in [6.07, 6.45) is 1.52. The van der Waals surface area contributed by atoms with Crippen molar-refractivity contribution in [1.82, 2.24) is 4.98 Å². The van der Waals surface area contributed by atoms with E-state index in [0.717, 1.165) is 0 Å². The van der Waals surface area contributed by atoms with Gasteiger partial charge in [-0.2, -0.15) is 0 Å². The van der Waals surface area contributed by atoms with E-state index in [2.05, 4.69) is 4.98 Å². The minimum absolute atomic E-state index is 0.281. The second-order valence-electron chi connectivity index (χ2n) is 4.11. The van der Waals surface area contributed by atoms with Crippen LogP contribution in [0, 0.1) is 0 Å². The van der Waals surface area contributed by atoms with Gasteiger partial charge in [-0.3, -0.25) is 4.98 Å². The van der Waals surface area contributed by atoms with Crippen LogP contribution in [-0.2, 0) is 4.74 Å². The Morgan fingerprint density at radius 3 is 2.38 bits per heavy atom. The number of carbonyl (C=O) groups is 1. The number of aromatic nitrogens is 1. The van der Waals surface area contributed by atoms with Crippen molar-refractivity contribution in [3.8, 4) is 22.8 Å². The standard InChI is InChI=1S/C15H14ClNO4/c1-19-9-4-5-11(13(16)7-9)14-12(15(18)21-3)6-10(20-2)8-17-14/h4-8H,1-3H3. The van der Waals surface area contributed by atoms with Gasteiger partial charge >= 0.3 is 5.97 Å². The summed E-state index contributed by atoms with van der Waals surface area (Å²) in [5.41, 5.74) is 1.32. The van der Waals surface area contributed by atoms with Crippen molar-refractivity contribution < 1.29 is 19.0 Å². The van der Waals surface area contributed by atoms with Crippen LogP contribution >= 0.6 is 11.6 Å². The molecule has 0 aliphatic rings.